The number of benzene rings is 2. The van der Waals surface area contributed by atoms with Gasteiger partial charge in [-0.2, -0.15) is 0 Å². The number of methoxy groups -OCH3 is 1. The molecule has 2 aromatic carbocycles. The lowest BCUT2D eigenvalue weighted by Crippen LogP contribution is -2.06. The van der Waals surface area contributed by atoms with E-state index in [1.807, 2.05) is 13.0 Å². The Bertz CT molecular complexity index is 601. The van der Waals surface area contributed by atoms with Gasteiger partial charge in [0.2, 0.25) is 0 Å². The first-order valence-electron chi connectivity index (χ1n) is 7.03. The van der Waals surface area contributed by atoms with Crippen LogP contribution in [0.4, 0.5) is 0 Å². The van der Waals surface area contributed by atoms with Gasteiger partial charge < -0.3 is 10.5 Å². The summed E-state index contributed by atoms with van der Waals surface area (Å²) >= 11 is 0. The maximum atomic E-state index is 5.53. The highest BCUT2D eigenvalue weighted by molar-refractivity contribution is 5.91. The Morgan fingerprint density at radius 1 is 1.10 bits per heavy atom. The number of aryl methyl sites for hydroxylation is 1. The molecule has 0 radical (unpaired) electrons. The van der Waals surface area contributed by atoms with E-state index in [0.717, 1.165) is 31.6 Å². The highest BCUT2D eigenvalue weighted by Crippen LogP contribution is 2.29. The third-order valence-electron chi connectivity index (χ3n) is 3.41. The van der Waals surface area contributed by atoms with Crippen LogP contribution < -0.4 is 10.5 Å². The zero-order valence-electron chi connectivity index (χ0n) is 12.2. The van der Waals surface area contributed by atoms with Crippen molar-refractivity contribution in [1.29, 1.82) is 0 Å². The van der Waals surface area contributed by atoms with Crippen molar-refractivity contribution < 1.29 is 4.74 Å². The maximum absolute atomic E-state index is 5.53. The number of amidine groups is 1. The number of fused-ring (bicyclic) bond motifs is 1. The smallest absolute Gasteiger partial charge is 0.126 e. The summed E-state index contributed by atoms with van der Waals surface area (Å²) in [6.45, 7) is 2.65. The number of hydrogen-bond donors (Lipinski definition) is 1. The molecule has 0 spiro atoms. The van der Waals surface area contributed by atoms with Gasteiger partial charge in [-0.15, -0.1) is 0 Å². The van der Waals surface area contributed by atoms with Gasteiger partial charge in [-0.3, -0.25) is 4.99 Å². The topological polar surface area (TPSA) is 47.6 Å². The van der Waals surface area contributed by atoms with Crippen LogP contribution in [0.3, 0.4) is 0 Å². The molecule has 106 valence electrons. The van der Waals surface area contributed by atoms with Crippen molar-refractivity contribution in [3.8, 4) is 5.75 Å². The van der Waals surface area contributed by atoms with Crippen LogP contribution in [0.1, 0.15) is 25.3 Å². The minimum Gasteiger partial charge on any atom is -0.496 e. The molecule has 0 bridgehead atoms. The van der Waals surface area contributed by atoms with E-state index in [0.29, 0.717) is 5.84 Å². The van der Waals surface area contributed by atoms with Crippen LogP contribution in [0.15, 0.2) is 41.4 Å². The fraction of sp³-hybridized carbons (Fsp3) is 0.353. The number of unbranched alkanes of at least 4 members (excludes halogenated alkanes) is 1. The van der Waals surface area contributed by atoms with E-state index < -0.39 is 0 Å². The summed E-state index contributed by atoms with van der Waals surface area (Å²) in [5.41, 5.74) is 6.90. The van der Waals surface area contributed by atoms with Crippen LogP contribution >= 0.6 is 0 Å². The lowest BCUT2D eigenvalue weighted by atomic mass is 9.99. The normalized spacial score (nSPS) is 11.8. The lowest BCUT2D eigenvalue weighted by Gasteiger charge is -2.10. The minimum absolute atomic E-state index is 0.667. The molecule has 20 heavy (non-hydrogen) atoms. The van der Waals surface area contributed by atoms with E-state index in [-0.39, 0.29) is 0 Å². The van der Waals surface area contributed by atoms with E-state index in [2.05, 4.69) is 35.3 Å². The van der Waals surface area contributed by atoms with Crippen molar-refractivity contribution in [1.82, 2.24) is 0 Å². The number of ether oxygens (including phenoxy) is 1. The van der Waals surface area contributed by atoms with Crippen LogP contribution in [-0.2, 0) is 6.42 Å². The van der Waals surface area contributed by atoms with Crippen molar-refractivity contribution in [2.24, 2.45) is 10.7 Å². The van der Waals surface area contributed by atoms with E-state index in [4.69, 9.17) is 10.5 Å². The Kier molecular flexibility index (Phi) is 4.99. The van der Waals surface area contributed by atoms with Gasteiger partial charge in [-0.1, -0.05) is 30.3 Å². The van der Waals surface area contributed by atoms with Crippen LogP contribution in [0.25, 0.3) is 10.8 Å². The van der Waals surface area contributed by atoms with Gasteiger partial charge in [0.25, 0.3) is 0 Å². The van der Waals surface area contributed by atoms with Gasteiger partial charge in [-0.05, 0) is 43.2 Å². The molecular weight excluding hydrogens is 248 g/mol. The quantitative estimate of drug-likeness (QED) is 0.496. The van der Waals surface area contributed by atoms with E-state index in [1.54, 1.807) is 7.11 Å². The van der Waals surface area contributed by atoms with E-state index in [9.17, 15) is 0 Å². The Morgan fingerprint density at radius 3 is 2.55 bits per heavy atom. The Labute approximate surface area is 120 Å². The molecule has 2 N–H and O–H groups in total. The highest BCUT2D eigenvalue weighted by Gasteiger charge is 2.05. The minimum atomic E-state index is 0.667. The van der Waals surface area contributed by atoms with E-state index >= 15 is 0 Å². The lowest BCUT2D eigenvalue weighted by molar-refractivity contribution is 0.419. The average Bonchev–Trinajstić information content (AvgIpc) is 2.46. The third kappa shape index (κ3) is 3.50. The van der Waals surface area contributed by atoms with Crippen LogP contribution in [-0.4, -0.2) is 19.5 Å². The number of aliphatic imine (C=N–C) groups is 1. The Balaban J connectivity index is 2.09. The summed E-state index contributed by atoms with van der Waals surface area (Å²) in [4.78, 5) is 4.22. The standard InChI is InChI=1S/C17H22N2O/c1-13(18)19-12-6-5-7-14-10-11-17(20-2)16-9-4-3-8-15(14)16/h3-4,8-11H,5-7,12H2,1-2H3,(H2,18,19). The predicted molar refractivity (Wildman–Crippen MR) is 85.6 cm³/mol. The monoisotopic (exact) mass is 270 g/mol. The maximum Gasteiger partial charge on any atom is 0.126 e. The second kappa shape index (κ2) is 6.94. The molecule has 0 aliphatic heterocycles. The SMILES string of the molecule is COc1ccc(CCCCN=C(C)N)c2ccccc12. The average molecular weight is 270 g/mol. The molecule has 2 aromatic rings. The first kappa shape index (κ1) is 14.4. The summed E-state index contributed by atoms with van der Waals surface area (Å²) in [5, 5.41) is 2.47. The van der Waals surface area contributed by atoms with Crippen LogP contribution in [0.5, 0.6) is 5.75 Å². The van der Waals surface area contributed by atoms with Crippen LogP contribution in [0, 0.1) is 0 Å². The van der Waals surface area contributed by atoms with E-state index in [1.165, 1.54) is 16.3 Å². The largest absolute Gasteiger partial charge is 0.496 e. The van der Waals surface area contributed by atoms with Gasteiger partial charge in [0.1, 0.15) is 5.75 Å². The van der Waals surface area contributed by atoms with Crippen molar-refractivity contribution in [2.45, 2.75) is 26.2 Å². The molecule has 0 aliphatic rings. The number of hydrogen-bond acceptors (Lipinski definition) is 2. The highest BCUT2D eigenvalue weighted by atomic mass is 16.5. The fourth-order valence-electron chi connectivity index (χ4n) is 2.41. The number of nitrogens with two attached hydrogens (primary N) is 1. The molecule has 0 unspecified atom stereocenters. The molecule has 3 nitrogen and oxygen atoms in total. The molecule has 3 heteroatoms. The molecule has 0 fully saturated rings. The molecule has 2 rings (SSSR count). The molecule has 0 atom stereocenters. The predicted octanol–water partition coefficient (Wildman–Crippen LogP) is 3.55. The van der Waals surface area contributed by atoms with Crippen molar-refractivity contribution in [3.63, 3.8) is 0 Å². The first-order valence-corrected chi connectivity index (χ1v) is 7.03. The number of nitrogens with zero attached hydrogens (tertiary/aromatic N) is 1. The third-order valence-corrected chi connectivity index (χ3v) is 3.41. The molecule has 0 amide bonds. The molecule has 0 saturated heterocycles. The summed E-state index contributed by atoms with van der Waals surface area (Å²) in [7, 11) is 1.72. The Morgan fingerprint density at radius 2 is 1.85 bits per heavy atom. The van der Waals surface area contributed by atoms with Crippen molar-refractivity contribution in [2.75, 3.05) is 13.7 Å². The summed E-state index contributed by atoms with van der Waals surface area (Å²) in [5.74, 6) is 1.60. The fourth-order valence-corrected chi connectivity index (χ4v) is 2.41. The number of rotatable bonds is 6. The second-order valence-corrected chi connectivity index (χ2v) is 4.95. The van der Waals surface area contributed by atoms with Gasteiger partial charge in [0.15, 0.2) is 0 Å². The van der Waals surface area contributed by atoms with Gasteiger partial charge >= 0.3 is 0 Å². The molecular formula is C17H22N2O. The molecule has 0 heterocycles. The summed E-state index contributed by atoms with van der Waals surface area (Å²) in [6.07, 6.45) is 3.24. The zero-order valence-corrected chi connectivity index (χ0v) is 12.2. The summed E-state index contributed by atoms with van der Waals surface area (Å²) < 4.78 is 5.42. The van der Waals surface area contributed by atoms with Gasteiger partial charge in [0, 0.05) is 11.9 Å². The van der Waals surface area contributed by atoms with Gasteiger partial charge in [0.05, 0.1) is 12.9 Å². The summed E-state index contributed by atoms with van der Waals surface area (Å²) in [6, 6.07) is 12.6. The molecule has 0 aliphatic carbocycles. The second-order valence-electron chi connectivity index (χ2n) is 4.95. The molecule has 0 saturated carbocycles. The van der Waals surface area contributed by atoms with Crippen molar-refractivity contribution in [3.05, 3.63) is 42.0 Å². The molecule has 0 aromatic heterocycles. The first-order chi connectivity index (χ1) is 9.72. The van der Waals surface area contributed by atoms with Gasteiger partial charge in [-0.25, -0.2) is 0 Å². The van der Waals surface area contributed by atoms with Crippen molar-refractivity contribution >= 4 is 16.6 Å². The van der Waals surface area contributed by atoms with Crippen LogP contribution in [0.2, 0.25) is 0 Å². The Hall–Kier alpha value is -2.03. The zero-order chi connectivity index (χ0) is 14.4.